The van der Waals surface area contributed by atoms with Crippen molar-refractivity contribution in [2.45, 2.75) is 50.7 Å². The molecule has 2 rings (SSSR count). The summed E-state index contributed by atoms with van der Waals surface area (Å²) in [5.41, 5.74) is 5.81. The molecule has 5 heteroatoms. The first-order valence-corrected chi connectivity index (χ1v) is 5.85. The Morgan fingerprint density at radius 1 is 1.56 bits per heavy atom. The summed E-state index contributed by atoms with van der Waals surface area (Å²) >= 11 is 0. The first-order chi connectivity index (χ1) is 7.70. The fraction of sp³-hybridized carbons (Fsp3) is 0.818. The third-order valence-electron chi connectivity index (χ3n) is 3.35. The minimum atomic E-state index is -0.579. The molecule has 0 aliphatic heterocycles. The van der Waals surface area contributed by atoms with E-state index in [9.17, 15) is 0 Å². The van der Waals surface area contributed by atoms with Gasteiger partial charge in [-0.1, -0.05) is 24.9 Å². The van der Waals surface area contributed by atoms with Gasteiger partial charge in [0.05, 0.1) is 6.10 Å². The highest BCUT2D eigenvalue weighted by atomic mass is 16.5. The molecule has 1 aromatic heterocycles. The van der Waals surface area contributed by atoms with Gasteiger partial charge in [-0.2, -0.15) is 4.98 Å². The van der Waals surface area contributed by atoms with Crippen LogP contribution in [0.1, 0.15) is 44.3 Å². The lowest BCUT2D eigenvalue weighted by atomic mass is 9.79. The topological polar surface area (TPSA) is 74.2 Å². The number of nitrogens with zero attached hydrogens (tertiary/aromatic N) is 2. The number of nitrogens with two attached hydrogens (primary N) is 1. The molecule has 2 unspecified atom stereocenters. The Bertz CT molecular complexity index is 353. The maximum absolute atomic E-state index is 6.39. The van der Waals surface area contributed by atoms with Crippen molar-refractivity contribution in [3.63, 3.8) is 0 Å². The van der Waals surface area contributed by atoms with Crippen molar-refractivity contribution in [2.24, 2.45) is 5.73 Å². The molecule has 2 atom stereocenters. The molecule has 0 bridgehead atoms. The van der Waals surface area contributed by atoms with E-state index < -0.39 is 5.54 Å². The van der Waals surface area contributed by atoms with Crippen LogP contribution in [0.3, 0.4) is 0 Å². The highest BCUT2D eigenvalue weighted by Crippen LogP contribution is 2.35. The Balaban J connectivity index is 2.27. The molecule has 0 aromatic carbocycles. The zero-order valence-corrected chi connectivity index (χ0v) is 9.90. The molecule has 1 aliphatic carbocycles. The molecule has 0 spiro atoms. The lowest BCUT2D eigenvalue weighted by Crippen LogP contribution is -2.51. The predicted octanol–water partition coefficient (Wildman–Crippen LogP) is 1.37. The fourth-order valence-corrected chi connectivity index (χ4v) is 2.34. The van der Waals surface area contributed by atoms with Crippen molar-refractivity contribution < 1.29 is 9.26 Å². The number of hydrogen-bond donors (Lipinski definition) is 1. The minimum Gasteiger partial charge on any atom is -0.379 e. The highest BCUT2D eigenvalue weighted by Gasteiger charge is 2.42. The molecule has 5 nitrogen and oxygen atoms in total. The van der Waals surface area contributed by atoms with Crippen LogP contribution in [0.5, 0.6) is 0 Å². The lowest BCUT2D eigenvalue weighted by molar-refractivity contribution is -0.000963. The molecular formula is C11H19N3O2. The molecule has 2 N–H and O–H groups in total. The molecule has 0 saturated heterocycles. The number of hydrogen-bond acceptors (Lipinski definition) is 5. The van der Waals surface area contributed by atoms with E-state index in [1.807, 2.05) is 6.92 Å². The second-order valence-corrected chi connectivity index (χ2v) is 4.38. The molecule has 1 aliphatic rings. The number of aromatic nitrogens is 2. The fourth-order valence-electron chi connectivity index (χ4n) is 2.34. The van der Waals surface area contributed by atoms with Gasteiger partial charge in [0.2, 0.25) is 5.89 Å². The zero-order chi connectivity index (χ0) is 11.6. The molecule has 0 amide bonds. The summed E-state index contributed by atoms with van der Waals surface area (Å²) in [7, 11) is 1.69. The Morgan fingerprint density at radius 2 is 2.38 bits per heavy atom. The average molecular weight is 225 g/mol. The summed E-state index contributed by atoms with van der Waals surface area (Å²) in [6.07, 6.45) is 4.78. The van der Waals surface area contributed by atoms with Crippen molar-refractivity contribution >= 4 is 0 Å². The Morgan fingerprint density at radius 3 is 3.00 bits per heavy atom. The van der Waals surface area contributed by atoms with Crippen molar-refractivity contribution in [1.29, 1.82) is 0 Å². The van der Waals surface area contributed by atoms with Crippen molar-refractivity contribution in [3.05, 3.63) is 11.7 Å². The van der Waals surface area contributed by atoms with Crippen LogP contribution in [-0.4, -0.2) is 23.4 Å². The van der Waals surface area contributed by atoms with E-state index >= 15 is 0 Å². The van der Waals surface area contributed by atoms with Gasteiger partial charge in [-0.15, -0.1) is 0 Å². The maximum atomic E-state index is 6.39. The van der Waals surface area contributed by atoms with E-state index in [1.54, 1.807) is 7.11 Å². The molecule has 1 fully saturated rings. The predicted molar refractivity (Wildman–Crippen MR) is 58.8 cm³/mol. The van der Waals surface area contributed by atoms with Crippen molar-refractivity contribution in [1.82, 2.24) is 10.1 Å². The van der Waals surface area contributed by atoms with Gasteiger partial charge in [-0.25, -0.2) is 0 Å². The van der Waals surface area contributed by atoms with Crippen LogP contribution >= 0.6 is 0 Å². The summed E-state index contributed by atoms with van der Waals surface area (Å²) in [4.78, 5) is 4.34. The summed E-state index contributed by atoms with van der Waals surface area (Å²) in [6, 6.07) is 0. The van der Waals surface area contributed by atoms with Crippen molar-refractivity contribution in [3.8, 4) is 0 Å². The van der Waals surface area contributed by atoms with E-state index in [0.717, 1.165) is 32.1 Å². The Labute approximate surface area is 95.3 Å². The Kier molecular flexibility index (Phi) is 3.25. The second kappa shape index (κ2) is 4.51. The van der Waals surface area contributed by atoms with Crippen LogP contribution in [0.25, 0.3) is 0 Å². The molecule has 90 valence electrons. The largest absolute Gasteiger partial charge is 0.379 e. The summed E-state index contributed by atoms with van der Waals surface area (Å²) in [5.74, 6) is 1.23. The van der Waals surface area contributed by atoms with E-state index in [0.29, 0.717) is 11.7 Å². The van der Waals surface area contributed by atoms with E-state index in [4.69, 9.17) is 15.0 Å². The van der Waals surface area contributed by atoms with Gasteiger partial charge in [0, 0.05) is 13.5 Å². The van der Waals surface area contributed by atoms with Crippen LogP contribution in [0, 0.1) is 0 Å². The van der Waals surface area contributed by atoms with Crippen LogP contribution in [0.4, 0.5) is 0 Å². The molecular weight excluding hydrogens is 206 g/mol. The SMILES string of the molecule is CCc1nc(C2(N)CCCCC2OC)no1. The smallest absolute Gasteiger partial charge is 0.226 e. The van der Waals surface area contributed by atoms with E-state index in [2.05, 4.69) is 10.1 Å². The summed E-state index contributed by atoms with van der Waals surface area (Å²) < 4.78 is 10.6. The quantitative estimate of drug-likeness (QED) is 0.841. The number of methoxy groups -OCH3 is 1. The van der Waals surface area contributed by atoms with Gasteiger partial charge in [0.25, 0.3) is 0 Å². The van der Waals surface area contributed by atoms with Gasteiger partial charge in [-0.05, 0) is 12.8 Å². The van der Waals surface area contributed by atoms with E-state index in [-0.39, 0.29) is 6.10 Å². The monoisotopic (exact) mass is 225 g/mol. The van der Waals surface area contributed by atoms with Gasteiger partial charge in [0.1, 0.15) is 5.54 Å². The van der Waals surface area contributed by atoms with Gasteiger partial charge in [0.15, 0.2) is 5.82 Å². The first kappa shape index (κ1) is 11.5. The summed E-state index contributed by atoms with van der Waals surface area (Å²) in [6.45, 7) is 1.98. The minimum absolute atomic E-state index is 0.0106. The molecule has 1 heterocycles. The lowest BCUT2D eigenvalue weighted by Gasteiger charge is -2.37. The number of rotatable bonds is 3. The van der Waals surface area contributed by atoms with Crippen molar-refractivity contribution in [2.75, 3.05) is 7.11 Å². The maximum Gasteiger partial charge on any atom is 0.226 e. The number of aryl methyl sites for hydroxylation is 1. The van der Waals surface area contributed by atoms with Crippen LogP contribution in [-0.2, 0) is 16.7 Å². The van der Waals surface area contributed by atoms with Crippen LogP contribution in [0.2, 0.25) is 0 Å². The third kappa shape index (κ3) is 1.85. The highest BCUT2D eigenvalue weighted by molar-refractivity contribution is 5.09. The average Bonchev–Trinajstić information content (AvgIpc) is 2.78. The van der Waals surface area contributed by atoms with Gasteiger partial charge >= 0.3 is 0 Å². The van der Waals surface area contributed by atoms with Crippen LogP contribution in [0.15, 0.2) is 4.52 Å². The van der Waals surface area contributed by atoms with Crippen LogP contribution < -0.4 is 5.73 Å². The molecule has 1 saturated carbocycles. The summed E-state index contributed by atoms with van der Waals surface area (Å²) in [5, 5.41) is 3.99. The molecule has 0 radical (unpaired) electrons. The normalized spacial score (nSPS) is 30.6. The standard InChI is InChI=1S/C11H19N3O2/c1-3-9-13-10(14-16-9)11(12)7-5-4-6-8(11)15-2/h8H,3-7,12H2,1-2H3. The number of ether oxygens (including phenoxy) is 1. The molecule has 16 heavy (non-hydrogen) atoms. The zero-order valence-electron chi connectivity index (χ0n) is 9.90. The first-order valence-electron chi connectivity index (χ1n) is 5.85. The Hall–Kier alpha value is -0.940. The third-order valence-corrected chi connectivity index (χ3v) is 3.35. The molecule has 1 aromatic rings. The second-order valence-electron chi connectivity index (χ2n) is 4.38. The van der Waals surface area contributed by atoms with E-state index in [1.165, 1.54) is 0 Å². The van der Waals surface area contributed by atoms with Gasteiger partial charge in [-0.3, -0.25) is 0 Å². The van der Waals surface area contributed by atoms with Gasteiger partial charge < -0.3 is 15.0 Å².